The molecule has 3 aromatic carbocycles. The summed E-state index contributed by atoms with van der Waals surface area (Å²) >= 11 is 0. The van der Waals surface area contributed by atoms with Crippen molar-refractivity contribution in [2.24, 2.45) is 0 Å². The third-order valence-electron chi connectivity index (χ3n) is 3.73. The summed E-state index contributed by atoms with van der Waals surface area (Å²) in [5.41, 5.74) is 1.23. The van der Waals surface area contributed by atoms with E-state index >= 15 is 0 Å². The van der Waals surface area contributed by atoms with E-state index in [1.165, 1.54) is 14.2 Å². The van der Waals surface area contributed by atoms with E-state index in [-0.39, 0.29) is 5.78 Å². The van der Waals surface area contributed by atoms with Crippen molar-refractivity contribution in [3.05, 3.63) is 108 Å². The Morgan fingerprint density at radius 3 is 1.40 bits per heavy atom. The molecule has 0 heterocycles. The van der Waals surface area contributed by atoms with E-state index in [1.807, 2.05) is 84.9 Å². The zero-order valence-corrected chi connectivity index (χ0v) is 14.5. The lowest BCUT2D eigenvalue weighted by Gasteiger charge is -2.29. The maximum Gasteiger partial charge on any atom is 0.260 e. The molecule has 3 aromatic rings. The van der Waals surface area contributed by atoms with E-state index in [0.717, 1.165) is 0 Å². The molecule has 0 saturated carbocycles. The molecule has 0 unspecified atom stereocenters. The Hall–Kier alpha value is -2.75. The Bertz CT molecular complexity index is 709. The average molecular weight is 334 g/mol. The Kier molecular flexibility index (Phi) is 7.08. The molecule has 0 bridgehead atoms. The summed E-state index contributed by atoms with van der Waals surface area (Å²) in [5.74, 6) is -1.62. The summed E-state index contributed by atoms with van der Waals surface area (Å²) in [6, 6.07) is 30.2. The Labute approximate surface area is 148 Å². The lowest BCUT2D eigenvalue weighted by Crippen LogP contribution is -2.39. The number of rotatable bonds is 5. The summed E-state index contributed by atoms with van der Waals surface area (Å²) in [4.78, 5) is 12.7. The van der Waals surface area contributed by atoms with Crippen molar-refractivity contribution in [3.8, 4) is 0 Å². The molecule has 0 aromatic heterocycles. The molecule has 0 atom stereocenters. The summed E-state index contributed by atoms with van der Waals surface area (Å²) in [7, 11) is 2.94. The van der Waals surface area contributed by atoms with Gasteiger partial charge in [-0.3, -0.25) is 4.79 Å². The second-order valence-electron chi connectivity index (χ2n) is 5.24. The molecule has 3 rings (SSSR count). The van der Waals surface area contributed by atoms with E-state index in [9.17, 15) is 4.79 Å². The summed E-state index contributed by atoms with van der Waals surface area (Å²) < 4.78 is 10.8. The van der Waals surface area contributed by atoms with Crippen LogP contribution in [0, 0.1) is 0 Å². The van der Waals surface area contributed by atoms with E-state index in [4.69, 9.17) is 9.47 Å². The van der Waals surface area contributed by atoms with Gasteiger partial charge < -0.3 is 9.47 Å². The minimum Gasteiger partial charge on any atom is -0.343 e. The quantitative estimate of drug-likeness (QED) is 0.501. The number of hydrogen-bond acceptors (Lipinski definition) is 3. The molecule has 0 aliphatic carbocycles. The van der Waals surface area contributed by atoms with Gasteiger partial charge in [0.1, 0.15) is 0 Å². The van der Waals surface area contributed by atoms with Crippen molar-refractivity contribution < 1.29 is 14.3 Å². The number of carbonyl (C=O) groups is 1. The summed E-state index contributed by atoms with van der Waals surface area (Å²) in [6.07, 6.45) is 0. The highest BCUT2D eigenvalue weighted by atomic mass is 16.7. The zero-order valence-electron chi connectivity index (χ0n) is 14.5. The van der Waals surface area contributed by atoms with E-state index in [0.29, 0.717) is 11.1 Å². The van der Waals surface area contributed by atoms with Crippen LogP contribution in [0.4, 0.5) is 0 Å². The first kappa shape index (κ1) is 18.6. The SMILES string of the molecule is COC(OC)(C(=O)c1ccccc1)c1ccccc1.c1ccccc1. The predicted molar refractivity (Wildman–Crippen MR) is 99.4 cm³/mol. The van der Waals surface area contributed by atoms with Crippen molar-refractivity contribution in [1.29, 1.82) is 0 Å². The number of benzene rings is 3. The molecule has 0 radical (unpaired) electrons. The van der Waals surface area contributed by atoms with Crippen molar-refractivity contribution >= 4 is 5.78 Å². The Morgan fingerprint density at radius 1 is 0.640 bits per heavy atom. The highest BCUT2D eigenvalue weighted by Crippen LogP contribution is 2.30. The second-order valence-corrected chi connectivity index (χ2v) is 5.24. The summed E-state index contributed by atoms with van der Waals surface area (Å²) in [6.45, 7) is 0. The molecular weight excluding hydrogens is 312 g/mol. The van der Waals surface area contributed by atoms with Crippen LogP contribution in [0.1, 0.15) is 15.9 Å². The smallest absolute Gasteiger partial charge is 0.260 e. The topological polar surface area (TPSA) is 35.5 Å². The highest BCUT2D eigenvalue weighted by molar-refractivity contribution is 6.02. The first-order valence-electron chi connectivity index (χ1n) is 8.00. The van der Waals surface area contributed by atoms with Gasteiger partial charge in [-0.1, -0.05) is 97.1 Å². The molecule has 25 heavy (non-hydrogen) atoms. The molecule has 128 valence electrons. The average Bonchev–Trinajstić information content (AvgIpc) is 2.72. The van der Waals surface area contributed by atoms with Crippen molar-refractivity contribution in [2.45, 2.75) is 5.79 Å². The third kappa shape index (κ3) is 4.63. The number of hydrogen-bond donors (Lipinski definition) is 0. The van der Waals surface area contributed by atoms with Crippen LogP contribution in [0.15, 0.2) is 97.1 Å². The zero-order chi connectivity index (χ0) is 18.0. The third-order valence-corrected chi connectivity index (χ3v) is 3.73. The minimum atomic E-state index is -1.40. The molecule has 0 fully saturated rings. The Balaban J connectivity index is 0.000000316. The maximum absolute atomic E-state index is 12.7. The van der Waals surface area contributed by atoms with Gasteiger partial charge in [0.2, 0.25) is 5.78 Å². The first-order chi connectivity index (χ1) is 12.2. The Morgan fingerprint density at radius 2 is 1.00 bits per heavy atom. The van der Waals surface area contributed by atoms with Gasteiger partial charge in [0, 0.05) is 25.3 Å². The van der Waals surface area contributed by atoms with Gasteiger partial charge in [0.05, 0.1) is 0 Å². The fourth-order valence-electron chi connectivity index (χ4n) is 2.46. The van der Waals surface area contributed by atoms with Crippen LogP contribution in [-0.2, 0) is 15.3 Å². The van der Waals surface area contributed by atoms with Gasteiger partial charge in [-0.25, -0.2) is 0 Å². The summed E-state index contributed by atoms with van der Waals surface area (Å²) in [5, 5.41) is 0. The van der Waals surface area contributed by atoms with Gasteiger partial charge in [-0.2, -0.15) is 0 Å². The highest BCUT2D eigenvalue weighted by Gasteiger charge is 2.41. The van der Waals surface area contributed by atoms with Gasteiger partial charge in [0.15, 0.2) is 0 Å². The molecule has 3 heteroatoms. The van der Waals surface area contributed by atoms with Crippen LogP contribution in [-0.4, -0.2) is 20.0 Å². The van der Waals surface area contributed by atoms with E-state index in [2.05, 4.69) is 0 Å². The van der Waals surface area contributed by atoms with Crippen molar-refractivity contribution in [1.82, 2.24) is 0 Å². The lowest BCUT2D eigenvalue weighted by molar-refractivity contribution is -0.176. The lowest BCUT2D eigenvalue weighted by atomic mass is 9.96. The van der Waals surface area contributed by atoms with E-state index in [1.54, 1.807) is 12.1 Å². The molecular formula is C22H22O3. The normalized spacial score (nSPS) is 10.5. The first-order valence-corrected chi connectivity index (χ1v) is 8.00. The number of Topliss-reactive ketones (excluding diaryl/α,β-unsaturated/α-hetero) is 1. The minimum absolute atomic E-state index is 0.218. The monoisotopic (exact) mass is 334 g/mol. The number of ketones is 1. The van der Waals surface area contributed by atoms with Crippen molar-refractivity contribution in [3.63, 3.8) is 0 Å². The second kappa shape index (κ2) is 9.52. The maximum atomic E-state index is 12.7. The van der Waals surface area contributed by atoms with Gasteiger partial charge in [-0.05, 0) is 0 Å². The van der Waals surface area contributed by atoms with E-state index < -0.39 is 5.79 Å². The van der Waals surface area contributed by atoms with Crippen LogP contribution in [0.25, 0.3) is 0 Å². The molecule has 0 amide bonds. The van der Waals surface area contributed by atoms with Crippen LogP contribution in [0.3, 0.4) is 0 Å². The molecule has 0 spiro atoms. The largest absolute Gasteiger partial charge is 0.343 e. The van der Waals surface area contributed by atoms with Gasteiger partial charge in [0.25, 0.3) is 5.79 Å². The van der Waals surface area contributed by atoms with Gasteiger partial charge >= 0.3 is 0 Å². The fourth-order valence-corrected chi connectivity index (χ4v) is 2.46. The molecule has 0 aliphatic heterocycles. The fraction of sp³-hybridized carbons (Fsp3) is 0.136. The number of ether oxygens (including phenoxy) is 2. The van der Waals surface area contributed by atoms with Crippen LogP contribution in [0.2, 0.25) is 0 Å². The predicted octanol–water partition coefficient (Wildman–Crippen LogP) is 4.70. The van der Waals surface area contributed by atoms with Crippen LogP contribution < -0.4 is 0 Å². The molecule has 0 N–H and O–H groups in total. The standard InChI is InChI=1S/C16H16O3.C6H6/c1-18-16(19-2,14-11-7-4-8-12-14)15(17)13-9-5-3-6-10-13;1-2-4-6-5-3-1/h3-12H,1-2H3;1-6H. The van der Waals surface area contributed by atoms with Crippen LogP contribution >= 0.6 is 0 Å². The van der Waals surface area contributed by atoms with Crippen LogP contribution in [0.5, 0.6) is 0 Å². The molecule has 3 nitrogen and oxygen atoms in total. The molecule has 0 saturated heterocycles. The number of carbonyl (C=O) groups excluding carboxylic acids is 1. The number of methoxy groups -OCH3 is 2. The van der Waals surface area contributed by atoms with Gasteiger partial charge in [-0.15, -0.1) is 0 Å². The van der Waals surface area contributed by atoms with Crippen molar-refractivity contribution in [2.75, 3.05) is 14.2 Å². The molecule has 0 aliphatic rings.